The molecule has 2 aromatic heterocycles. The van der Waals surface area contributed by atoms with Gasteiger partial charge in [-0.15, -0.1) is 0 Å². The summed E-state index contributed by atoms with van der Waals surface area (Å²) in [6.45, 7) is 6.21. The first kappa shape index (κ1) is 27.9. The van der Waals surface area contributed by atoms with Crippen molar-refractivity contribution in [2.75, 3.05) is 32.0 Å². The molecule has 3 heterocycles. The van der Waals surface area contributed by atoms with Crippen LogP contribution < -0.4 is 10.5 Å². The highest BCUT2D eigenvalue weighted by Gasteiger charge is 2.26. The number of carbonyl (C=O) groups excluding carboxylic acids is 1. The number of benzene rings is 2. The standard InChI is InChI=1S/C29H36N6O4S/c1-3-22(35-19-31-26-27(35)24-6-4-5-7-25(24)32-28(26)30)18-39-17-14-21-12-15-34(16-13-21)29(36)33-40(37,38)23-10-8-20(2)9-11-23/h4-11,19,21-22H,3,12-18H2,1-2H3,(H2,30,32)(H,33,36). The van der Waals surface area contributed by atoms with Crippen molar-refractivity contribution in [3.8, 4) is 0 Å². The van der Waals surface area contributed by atoms with Crippen molar-refractivity contribution in [2.24, 2.45) is 5.92 Å². The molecule has 0 spiro atoms. The van der Waals surface area contributed by atoms with Gasteiger partial charge in [0.2, 0.25) is 0 Å². The number of hydrogen-bond acceptors (Lipinski definition) is 7. The fourth-order valence-corrected chi connectivity index (χ4v) is 6.26. The first-order chi connectivity index (χ1) is 19.3. The maximum Gasteiger partial charge on any atom is 0.331 e. The molecule has 1 aliphatic heterocycles. The number of anilines is 1. The van der Waals surface area contributed by atoms with Crippen LogP contribution in [-0.4, -0.2) is 60.2 Å². The Balaban J connectivity index is 1.11. The molecule has 10 nitrogen and oxygen atoms in total. The highest BCUT2D eigenvalue weighted by Crippen LogP contribution is 2.30. The number of amides is 2. The zero-order valence-electron chi connectivity index (χ0n) is 22.9. The monoisotopic (exact) mass is 564 g/mol. The highest BCUT2D eigenvalue weighted by molar-refractivity contribution is 7.90. The van der Waals surface area contributed by atoms with E-state index in [2.05, 4.69) is 26.2 Å². The van der Waals surface area contributed by atoms with E-state index in [0.29, 0.717) is 43.6 Å². The summed E-state index contributed by atoms with van der Waals surface area (Å²) in [5, 5.41) is 1.02. The van der Waals surface area contributed by atoms with Crippen molar-refractivity contribution in [1.29, 1.82) is 0 Å². The minimum Gasteiger partial charge on any atom is -0.382 e. The first-order valence-electron chi connectivity index (χ1n) is 13.7. The van der Waals surface area contributed by atoms with Crippen molar-refractivity contribution in [3.63, 3.8) is 0 Å². The van der Waals surface area contributed by atoms with Crippen LogP contribution in [0.5, 0.6) is 0 Å². The van der Waals surface area contributed by atoms with Gasteiger partial charge in [0.05, 0.1) is 34.9 Å². The third-order valence-corrected chi connectivity index (χ3v) is 9.07. The van der Waals surface area contributed by atoms with Gasteiger partial charge in [-0.2, -0.15) is 0 Å². The van der Waals surface area contributed by atoms with Gasteiger partial charge in [0.15, 0.2) is 5.82 Å². The van der Waals surface area contributed by atoms with Gasteiger partial charge in [0.25, 0.3) is 10.0 Å². The third-order valence-electron chi connectivity index (χ3n) is 7.74. The molecule has 0 aliphatic carbocycles. The number of carbonyl (C=O) groups is 1. The maximum absolute atomic E-state index is 12.6. The van der Waals surface area contributed by atoms with Gasteiger partial charge in [-0.25, -0.2) is 27.9 Å². The second-order valence-corrected chi connectivity index (χ2v) is 12.1. The van der Waals surface area contributed by atoms with Crippen LogP contribution in [0.2, 0.25) is 0 Å². The summed E-state index contributed by atoms with van der Waals surface area (Å²) in [6.07, 6.45) is 5.21. The summed E-state index contributed by atoms with van der Waals surface area (Å²) < 4.78 is 35.6. The van der Waals surface area contributed by atoms with E-state index in [9.17, 15) is 13.2 Å². The van der Waals surface area contributed by atoms with E-state index in [4.69, 9.17) is 10.5 Å². The van der Waals surface area contributed by atoms with Crippen LogP contribution in [-0.2, 0) is 14.8 Å². The van der Waals surface area contributed by atoms with Crippen LogP contribution in [0.25, 0.3) is 21.9 Å². The number of piperidine rings is 1. The number of aromatic nitrogens is 3. The number of nitrogens with zero attached hydrogens (tertiary/aromatic N) is 4. The van der Waals surface area contributed by atoms with Crippen LogP contribution in [0.3, 0.4) is 0 Å². The molecule has 212 valence electrons. The molecule has 3 N–H and O–H groups in total. The highest BCUT2D eigenvalue weighted by atomic mass is 32.2. The van der Waals surface area contributed by atoms with Crippen LogP contribution in [0.15, 0.2) is 59.8 Å². The molecule has 2 amide bonds. The fourth-order valence-electron chi connectivity index (χ4n) is 5.29. The van der Waals surface area contributed by atoms with Gasteiger partial charge >= 0.3 is 6.03 Å². The Morgan fingerprint density at radius 3 is 2.60 bits per heavy atom. The topological polar surface area (TPSA) is 132 Å². The molecular weight excluding hydrogens is 528 g/mol. The van der Waals surface area contributed by atoms with E-state index in [-0.39, 0.29) is 10.9 Å². The summed E-state index contributed by atoms with van der Waals surface area (Å²) in [5.74, 6) is 0.845. The van der Waals surface area contributed by atoms with Crippen LogP contribution in [0.4, 0.5) is 10.6 Å². The van der Waals surface area contributed by atoms with Gasteiger partial charge in [-0.3, -0.25) is 0 Å². The lowest BCUT2D eigenvalue weighted by molar-refractivity contribution is 0.0822. The number of nitrogens with one attached hydrogen (secondary N) is 1. The number of aryl methyl sites for hydroxylation is 1. The molecular formula is C29H36N6O4S. The SMILES string of the molecule is CCC(COCCC1CCN(C(=O)NS(=O)(=O)c2ccc(C)cc2)CC1)n1cnc2c(N)nc3ccccc3c21. The second-order valence-electron chi connectivity index (χ2n) is 10.4. The minimum absolute atomic E-state index is 0.0841. The normalized spacial score (nSPS) is 15.5. The molecule has 1 atom stereocenters. The number of imidazole rings is 1. The smallest absolute Gasteiger partial charge is 0.331 e. The molecule has 1 fully saturated rings. The number of para-hydroxylation sites is 1. The lowest BCUT2D eigenvalue weighted by Crippen LogP contribution is -2.46. The number of nitrogen functional groups attached to an aromatic ring is 1. The average molecular weight is 565 g/mol. The number of sulfonamides is 1. The lowest BCUT2D eigenvalue weighted by Gasteiger charge is -2.32. The number of fused-ring (bicyclic) bond motifs is 3. The van der Waals surface area contributed by atoms with E-state index in [1.54, 1.807) is 17.0 Å². The number of ether oxygens (including phenoxy) is 1. The number of likely N-dealkylation sites (tertiary alicyclic amines) is 1. The van der Waals surface area contributed by atoms with Gasteiger partial charge in [0.1, 0.15) is 5.52 Å². The number of hydrogen-bond donors (Lipinski definition) is 2. The van der Waals surface area contributed by atoms with Crippen LogP contribution in [0.1, 0.15) is 44.2 Å². The van der Waals surface area contributed by atoms with Crippen molar-refractivity contribution in [1.82, 2.24) is 24.2 Å². The molecule has 0 radical (unpaired) electrons. The summed E-state index contributed by atoms with van der Waals surface area (Å²) in [7, 11) is -3.89. The van der Waals surface area contributed by atoms with E-state index in [1.807, 2.05) is 37.5 Å². The van der Waals surface area contributed by atoms with Gasteiger partial charge in [-0.05, 0) is 56.7 Å². The molecule has 1 unspecified atom stereocenters. The number of rotatable bonds is 9. The molecule has 1 saturated heterocycles. The van der Waals surface area contributed by atoms with Crippen molar-refractivity contribution < 1.29 is 17.9 Å². The molecule has 40 heavy (non-hydrogen) atoms. The summed E-state index contributed by atoms with van der Waals surface area (Å²) in [4.78, 5) is 23.3. The Morgan fingerprint density at radius 2 is 1.88 bits per heavy atom. The predicted molar refractivity (Wildman–Crippen MR) is 155 cm³/mol. The van der Waals surface area contributed by atoms with Gasteiger partial charge in [-0.1, -0.05) is 42.8 Å². The maximum atomic E-state index is 12.6. The first-order valence-corrected chi connectivity index (χ1v) is 15.2. The fraction of sp³-hybridized carbons (Fsp3) is 0.414. The Morgan fingerprint density at radius 1 is 1.15 bits per heavy atom. The Kier molecular flexibility index (Phi) is 8.22. The van der Waals surface area contributed by atoms with Crippen molar-refractivity contribution in [3.05, 3.63) is 60.4 Å². The zero-order chi connectivity index (χ0) is 28.3. The van der Waals surface area contributed by atoms with E-state index < -0.39 is 16.1 Å². The molecule has 2 aromatic carbocycles. The second kappa shape index (κ2) is 11.8. The summed E-state index contributed by atoms with van der Waals surface area (Å²) >= 11 is 0. The molecule has 4 aromatic rings. The van der Waals surface area contributed by atoms with Crippen molar-refractivity contribution in [2.45, 2.75) is 50.5 Å². The molecule has 0 saturated carbocycles. The van der Waals surface area contributed by atoms with Crippen molar-refractivity contribution >= 4 is 43.8 Å². The van der Waals surface area contributed by atoms with Crippen LogP contribution >= 0.6 is 0 Å². The Bertz CT molecular complexity index is 1590. The predicted octanol–water partition coefficient (Wildman–Crippen LogP) is 4.64. The molecule has 0 bridgehead atoms. The Hall–Kier alpha value is -3.70. The average Bonchev–Trinajstić information content (AvgIpc) is 3.39. The quantitative estimate of drug-likeness (QED) is 0.283. The summed E-state index contributed by atoms with van der Waals surface area (Å²) in [5.41, 5.74) is 9.68. The third kappa shape index (κ3) is 5.90. The molecule has 11 heteroatoms. The number of pyridine rings is 1. The largest absolute Gasteiger partial charge is 0.382 e. The van der Waals surface area contributed by atoms with Gasteiger partial charge < -0.3 is 19.9 Å². The number of nitrogens with two attached hydrogens (primary N) is 1. The minimum atomic E-state index is -3.89. The number of urea groups is 1. The Labute approximate surface area is 234 Å². The lowest BCUT2D eigenvalue weighted by atomic mass is 9.94. The molecule has 5 rings (SSSR count). The van der Waals surface area contributed by atoms with Crippen LogP contribution in [0, 0.1) is 12.8 Å². The molecule has 1 aliphatic rings. The summed E-state index contributed by atoms with van der Waals surface area (Å²) in [6, 6.07) is 13.9. The zero-order valence-corrected chi connectivity index (χ0v) is 23.7. The van der Waals surface area contributed by atoms with E-state index in [1.165, 1.54) is 12.1 Å². The van der Waals surface area contributed by atoms with E-state index >= 15 is 0 Å². The van der Waals surface area contributed by atoms with Gasteiger partial charge in [0, 0.05) is 25.1 Å². The van der Waals surface area contributed by atoms with E-state index in [0.717, 1.165) is 47.7 Å².